The third-order valence-electron chi connectivity index (χ3n) is 4.06. The van der Waals surface area contributed by atoms with Gasteiger partial charge in [0.15, 0.2) is 5.78 Å². The maximum Gasteiger partial charge on any atom is 0.241 e. The fourth-order valence-electron chi connectivity index (χ4n) is 2.56. The lowest BCUT2D eigenvalue weighted by molar-refractivity contribution is 0.101. The monoisotopic (exact) mass is 447 g/mol. The van der Waals surface area contributed by atoms with Gasteiger partial charge >= 0.3 is 0 Å². The number of benzene rings is 2. The van der Waals surface area contributed by atoms with E-state index in [-0.39, 0.29) is 10.7 Å². The largest absolute Gasteiger partial charge is 0.341 e. The molecule has 0 bridgehead atoms. The minimum absolute atomic E-state index is 0.0963. The van der Waals surface area contributed by atoms with E-state index in [4.69, 9.17) is 0 Å². The van der Waals surface area contributed by atoms with E-state index in [1.807, 2.05) is 24.3 Å². The predicted molar refractivity (Wildman–Crippen MR) is 107 cm³/mol. The average Bonchev–Trinajstić information content (AvgIpc) is 3.12. The average molecular weight is 448 g/mol. The van der Waals surface area contributed by atoms with Crippen LogP contribution < -0.4 is 4.72 Å². The number of nitrogens with one attached hydrogen (secondary N) is 2. The number of ketones is 1. The molecule has 1 aromatic heterocycles. The van der Waals surface area contributed by atoms with Crippen LogP contribution in [0.4, 0.5) is 0 Å². The first-order valence-corrected chi connectivity index (χ1v) is 10.5. The first-order valence-electron chi connectivity index (χ1n) is 8.20. The van der Waals surface area contributed by atoms with Crippen LogP contribution >= 0.6 is 15.9 Å². The highest BCUT2D eigenvalue weighted by atomic mass is 79.9. The van der Waals surface area contributed by atoms with Crippen LogP contribution in [-0.4, -0.2) is 24.2 Å². The van der Waals surface area contributed by atoms with Gasteiger partial charge in [-0.1, -0.05) is 40.2 Å². The van der Waals surface area contributed by atoms with Gasteiger partial charge in [0.25, 0.3) is 0 Å². The lowest BCUT2D eigenvalue weighted by Gasteiger charge is -2.12. The zero-order valence-corrected chi connectivity index (χ0v) is 17.1. The highest BCUT2D eigenvalue weighted by Crippen LogP contribution is 2.22. The molecule has 0 aliphatic heterocycles. The maximum atomic E-state index is 12.6. The smallest absolute Gasteiger partial charge is 0.241 e. The number of aromatic amines is 1. The number of rotatable bonds is 6. The first-order chi connectivity index (χ1) is 12.8. The Labute approximate surface area is 166 Å². The number of Topliss-reactive ketones (excluding diaryl/α,β-unsaturated/α-hetero) is 1. The highest BCUT2D eigenvalue weighted by Gasteiger charge is 2.20. The number of nitrogens with zero attached hydrogens (tertiary/aromatic N) is 1. The molecule has 0 saturated carbocycles. The lowest BCUT2D eigenvalue weighted by Crippen LogP contribution is -2.27. The summed E-state index contributed by atoms with van der Waals surface area (Å²) in [6, 6.07) is 13.0. The zero-order valence-electron chi connectivity index (χ0n) is 14.7. The second kappa shape index (κ2) is 7.75. The molecule has 0 saturated heterocycles. The van der Waals surface area contributed by atoms with Gasteiger partial charge in [-0.15, -0.1) is 0 Å². The Kier molecular flexibility index (Phi) is 5.59. The summed E-state index contributed by atoms with van der Waals surface area (Å²) in [5.41, 5.74) is 2.22. The molecule has 27 heavy (non-hydrogen) atoms. The van der Waals surface area contributed by atoms with E-state index in [1.165, 1.54) is 31.2 Å². The van der Waals surface area contributed by atoms with Crippen LogP contribution in [0.5, 0.6) is 0 Å². The van der Waals surface area contributed by atoms with E-state index in [0.29, 0.717) is 11.4 Å². The molecule has 0 aliphatic carbocycles. The van der Waals surface area contributed by atoms with E-state index in [1.54, 1.807) is 13.1 Å². The molecule has 0 amide bonds. The third kappa shape index (κ3) is 4.52. The number of aromatic nitrogens is 2. The van der Waals surface area contributed by atoms with Gasteiger partial charge in [0.05, 0.1) is 22.8 Å². The van der Waals surface area contributed by atoms with E-state index in [2.05, 4.69) is 30.6 Å². The quantitative estimate of drug-likeness (QED) is 0.556. The lowest BCUT2D eigenvalue weighted by atomic mass is 10.2. The van der Waals surface area contributed by atoms with E-state index < -0.39 is 16.1 Å². The Morgan fingerprint density at radius 1 is 1.11 bits per heavy atom. The fourth-order valence-corrected chi connectivity index (χ4v) is 4.03. The van der Waals surface area contributed by atoms with Crippen molar-refractivity contribution in [3.8, 4) is 11.3 Å². The van der Waals surface area contributed by atoms with Gasteiger partial charge in [0.1, 0.15) is 5.82 Å². The summed E-state index contributed by atoms with van der Waals surface area (Å²) in [6.45, 7) is 3.15. The van der Waals surface area contributed by atoms with Gasteiger partial charge in [-0.2, -0.15) is 0 Å². The molecule has 3 aromatic rings. The summed E-state index contributed by atoms with van der Waals surface area (Å²) in [6.07, 6.45) is 1.67. The minimum Gasteiger partial charge on any atom is -0.341 e. The van der Waals surface area contributed by atoms with Crippen molar-refractivity contribution in [3.05, 3.63) is 70.6 Å². The van der Waals surface area contributed by atoms with Gasteiger partial charge in [0, 0.05) is 10.0 Å². The molecule has 0 aliphatic rings. The summed E-state index contributed by atoms with van der Waals surface area (Å²) >= 11 is 3.39. The molecule has 0 unspecified atom stereocenters. The number of imidazole rings is 1. The number of hydrogen-bond donors (Lipinski definition) is 2. The molecule has 0 radical (unpaired) electrons. The van der Waals surface area contributed by atoms with Crippen molar-refractivity contribution in [2.24, 2.45) is 0 Å². The molecule has 1 heterocycles. The summed E-state index contributed by atoms with van der Waals surface area (Å²) in [4.78, 5) is 18.9. The second-order valence-electron chi connectivity index (χ2n) is 6.11. The Balaban J connectivity index is 1.77. The van der Waals surface area contributed by atoms with Crippen molar-refractivity contribution in [2.75, 3.05) is 0 Å². The van der Waals surface area contributed by atoms with Gasteiger partial charge in [-0.3, -0.25) is 4.79 Å². The molecular formula is C19H18BrN3O3S. The number of carbonyl (C=O) groups excluding carboxylic acids is 1. The molecule has 140 valence electrons. The van der Waals surface area contributed by atoms with Crippen molar-refractivity contribution < 1.29 is 13.2 Å². The van der Waals surface area contributed by atoms with Crippen LogP contribution in [0.15, 0.2) is 64.1 Å². The molecule has 0 fully saturated rings. The van der Waals surface area contributed by atoms with Crippen LogP contribution in [0, 0.1) is 0 Å². The van der Waals surface area contributed by atoms with E-state index in [9.17, 15) is 13.2 Å². The zero-order chi connectivity index (χ0) is 19.6. The maximum absolute atomic E-state index is 12.6. The van der Waals surface area contributed by atoms with Crippen LogP contribution in [0.3, 0.4) is 0 Å². The molecule has 0 spiro atoms. The standard InChI is InChI=1S/C19H18BrN3O3S/c1-12(19-21-11-18(22-19)15-3-7-16(20)8-4-15)23-27(25,26)17-9-5-14(6-10-17)13(2)24/h3-12,23H,1-2H3,(H,21,22)/t12-/m1/s1. The predicted octanol–water partition coefficient (Wildman–Crippen LogP) is 4.08. The van der Waals surface area contributed by atoms with Crippen LogP contribution in [0.2, 0.25) is 0 Å². The fraction of sp³-hybridized carbons (Fsp3) is 0.158. The van der Waals surface area contributed by atoms with Crippen LogP contribution in [0.25, 0.3) is 11.3 Å². The Morgan fingerprint density at radius 2 is 1.74 bits per heavy atom. The topological polar surface area (TPSA) is 91.9 Å². The number of H-pyrrole nitrogens is 1. The molecule has 6 nitrogen and oxygen atoms in total. The number of hydrogen-bond acceptors (Lipinski definition) is 4. The third-order valence-corrected chi connectivity index (χ3v) is 6.15. The normalized spacial score (nSPS) is 12.7. The minimum atomic E-state index is -3.74. The van der Waals surface area contributed by atoms with Gasteiger partial charge < -0.3 is 4.98 Å². The molecular weight excluding hydrogens is 430 g/mol. The highest BCUT2D eigenvalue weighted by molar-refractivity contribution is 9.10. The van der Waals surface area contributed by atoms with Gasteiger partial charge in [0.2, 0.25) is 10.0 Å². The summed E-state index contributed by atoms with van der Waals surface area (Å²) < 4.78 is 28.7. The van der Waals surface area contributed by atoms with E-state index in [0.717, 1.165) is 15.7 Å². The van der Waals surface area contributed by atoms with Crippen molar-refractivity contribution in [1.82, 2.24) is 14.7 Å². The molecule has 2 aromatic carbocycles. The SMILES string of the molecule is CC(=O)c1ccc(S(=O)(=O)N[C@H](C)c2ncc(-c3ccc(Br)cc3)[nH]2)cc1. The molecule has 8 heteroatoms. The summed E-state index contributed by atoms with van der Waals surface area (Å²) in [5, 5.41) is 0. The molecule has 2 N–H and O–H groups in total. The van der Waals surface area contributed by atoms with Crippen LogP contribution in [0.1, 0.15) is 36.1 Å². The first kappa shape index (κ1) is 19.5. The van der Waals surface area contributed by atoms with Crippen molar-refractivity contribution in [3.63, 3.8) is 0 Å². The van der Waals surface area contributed by atoms with Crippen molar-refractivity contribution >= 4 is 31.7 Å². The van der Waals surface area contributed by atoms with Crippen LogP contribution in [-0.2, 0) is 10.0 Å². The Morgan fingerprint density at radius 3 is 2.33 bits per heavy atom. The number of carbonyl (C=O) groups is 1. The second-order valence-corrected chi connectivity index (χ2v) is 8.74. The van der Waals surface area contributed by atoms with Gasteiger partial charge in [-0.25, -0.2) is 18.1 Å². The van der Waals surface area contributed by atoms with E-state index >= 15 is 0 Å². The number of sulfonamides is 1. The number of halogens is 1. The van der Waals surface area contributed by atoms with Gasteiger partial charge in [-0.05, 0) is 43.7 Å². The molecule has 1 atom stereocenters. The van der Waals surface area contributed by atoms with Crippen molar-refractivity contribution in [1.29, 1.82) is 0 Å². The van der Waals surface area contributed by atoms with Crippen molar-refractivity contribution in [2.45, 2.75) is 24.8 Å². The molecule has 3 rings (SSSR count). The summed E-state index contributed by atoms with van der Waals surface area (Å²) in [7, 11) is -3.74. The Bertz CT molecular complexity index is 1060. The summed E-state index contributed by atoms with van der Waals surface area (Å²) in [5.74, 6) is 0.396. The Hall–Kier alpha value is -2.29.